The lowest BCUT2D eigenvalue weighted by atomic mass is 10.0. The number of anilines is 1. The molecule has 1 aliphatic rings. The molecule has 118 valence electrons. The third-order valence-corrected chi connectivity index (χ3v) is 6.66. The summed E-state index contributed by atoms with van der Waals surface area (Å²) in [5, 5.41) is 20.3. The van der Waals surface area contributed by atoms with E-state index in [1.807, 2.05) is 24.8 Å². The van der Waals surface area contributed by atoms with Gasteiger partial charge in [-0.15, -0.1) is 0 Å². The van der Waals surface area contributed by atoms with Crippen LogP contribution < -0.4 is 4.90 Å². The zero-order chi connectivity index (χ0) is 16.3. The van der Waals surface area contributed by atoms with Crippen molar-refractivity contribution in [1.82, 2.24) is 0 Å². The summed E-state index contributed by atoms with van der Waals surface area (Å²) in [5.41, 5.74) is 0.839. The Balaban J connectivity index is 2.45. The zero-order valence-electron chi connectivity index (χ0n) is 12.7. The summed E-state index contributed by atoms with van der Waals surface area (Å²) in [6, 6.07) is 6.41. The van der Waals surface area contributed by atoms with Crippen molar-refractivity contribution in [2.24, 2.45) is 0 Å². The lowest BCUT2D eigenvalue weighted by Gasteiger charge is -2.42. The summed E-state index contributed by atoms with van der Waals surface area (Å²) < 4.78 is 12.1. The molecule has 1 heterocycles. The monoisotopic (exact) mass is 321 g/mol. The molecule has 0 bridgehead atoms. The highest BCUT2D eigenvalue weighted by Gasteiger charge is 2.40. The number of nitro benzene ring substituents is 1. The normalized spacial score (nSPS) is 20.4. The van der Waals surface area contributed by atoms with Gasteiger partial charge in [0.2, 0.25) is 0 Å². The van der Waals surface area contributed by atoms with E-state index in [-0.39, 0.29) is 10.4 Å². The van der Waals surface area contributed by atoms with Gasteiger partial charge in [-0.25, -0.2) is 0 Å². The molecular formula is C15H19N3O3S. The highest BCUT2D eigenvalue weighted by Crippen LogP contribution is 2.35. The van der Waals surface area contributed by atoms with E-state index in [1.54, 1.807) is 6.07 Å². The Hall–Kier alpha value is -1.94. The highest BCUT2D eigenvalue weighted by atomic mass is 32.2. The number of nitriles is 1. The number of rotatable bonds is 4. The predicted molar refractivity (Wildman–Crippen MR) is 86.3 cm³/mol. The molecule has 1 unspecified atom stereocenters. The molecule has 0 amide bonds. The van der Waals surface area contributed by atoms with Crippen molar-refractivity contribution in [2.75, 3.05) is 23.7 Å². The van der Waals surface area contributed by atoms with Crippen molar-refractivity contribution >= 4 is 22.2 Å². The topological polar surface area (TPSA) is 87.2 Å². The van der Waals surface area contributed by atoms with Crippen LogP contribution in [0.25, 0.3) is 0 Å². The van der Waals surface area contributed by atoms with Crippen molar-refractivity contribution < 1.29 is 9.13 Å². The summed E-state index contributed by atoms with van der Waals surface area (Å²) in [7, 11) is -0.932. The average Bonchev–Trinajstić information content (AvgIpc) is 2.55. The molecule has 0 N–H and O–H groups in total. The first-order valence-corrected chi connectivity index (χ1v) is 8.61. The fraction of sp³-hybridized carbons (Fsp3) is 0.533. The van der Waals surface area contributed by atoms with Crippen LogP contribution in [0.15, 0.2) is 18.2 Å². The van der Waals surface area contributed by atoms with Crippen LogP contribution in [0.1, 0.15) is 32.3 Å². The van der Waals surface area contributed by atoms with E-state index in [9.17, 15) is 14.3 Å². The van der Waals surface area contributed by atoms with E-state index in [4.69, 9.17) is 5.26 Å². The van der Waals surface area contributed by atoms with E-state index in [0.717, 1.165) is 12.8 Å². The van der Waals surface area contributed by atoms with Gasteiger partial charge in [0.25, 0.3) is 5.69 Å². The molecule has 0 aliphatic carbocycles. The highest BCUT2D eigenvalue weighted by molar-refractivity contribution is 7.86. The molecule has 7 heteroatoms. The molecule has 22 heavy (non-hydrogen) atoms. The van der Waals surface area contributed by atoms with Gasteiger partial charge in [-0.2, -0.15) is 5.26 Å². The van der Waals surface area contributed by atoms with E-state index in [0.29, 0.717) is 30.1 Å². The van der Waals surface area contributed by atoms with E-state index in [1.165, 1.54) is 12.1 Å². The van der Waals surface area contributed by atoms with Crippen LogP contribution in [-0.4, -0.2) is 32.7 Å². The molecular weight excluding hydrogens is 302 g/mol. The Morgan fingerprint density at radius 3 is 2.68 bits per heavy atom. The Kier molecular flexibility index (Phi) is 4.81. The average molecular weight is 321 g/mol. The fourth-order valence-electron chi connectivity index (χ4n) is 2.91. The van der Waals surface area contributed by atoms with Crippen molar-refractivity contribution in [2.45, 2.75) is 31.4 Å². The smallest absolute Gasteiger partial charge is 0.292 e. The molecule has 1 fully saturated rings. The maximum atomic E-state index is 12.4. The van der Waals surface area contributed by atoms with Crippen LogP contribution >= 0.6 is 0 Å². The lowest BCUT2D eigenvalue weighted by molar-refractivity contribution is -0.384. The lowest BCUT2D eigenvalue weighted by Crippen LogP contribution is -2.53. The van der Waals surface area contributed by atoms with E-state index < -0.39 is 15.7 Å². The van der Waals surface area contributed by atoms with Crippen LogP contribution in [0, 0.1) is 21.4 Å². The van der Waals surface area contributed by atoms with Gasteiger partial charge in [0.05, 0.1) is 21.3 Å². The third-order valence-electron chi connectivity index (χ3n) is 4.44. The number of nitro groups is 1. The minimum absolute atomic E-state index is 0.00668. The van der Waals surface area contributed by atoms with Gasteiger partial charge in [0.1, 0.15) is 5.69 Å². The Morgan fingerprint density at radius 1 is 1.45 bits per heavy atom. The molecule has 0 aromatic heterocycles. The second-order valence-electron chi connectivity index (χ2n) is 5.43. The minimum Gasteiger partial charge on any atom is -0.364 e. The van der Waals surface area contributed by atoms with Crippen LogP contribution in [0.5, 0.6) is 0 Å². The fourth-order valence-corrected chi connectivity index (χ4v) is 4.67. The van der Waals surface area contributed by atoms with E-state index >= 15 is 0 Å². The summed E-state index contributed by atoms with van der Waals surface area (Å²) in [6.07, 6.45) is 1.52. The number of nitrogens with zero attached hydrogens (tertiary/aromatic N) is 3. The summed E-state index contributed by atoms with van der Waals surface area (Å²) in [5.74, 6) is 0.496. The second kappa shape index (κ2) is 6.44. The maximum Gasteiger partial charge on any atom is 0.292 e. The van der Waals surface area contributed by atoms with Crippen LogP contribution in [0.3, 0.4) is 0 Å². The Labute approximate surface area is 132 Å². The van der Waals surface area contributed by atoms with E-state index in [2.05, 4.69) is 0 Å². The maximum absolute atomic E-state index is 12.4. The minimum atomic E-state index is -0.932. The molecule has 1 atom stereocenters. The van der Waals surface area contributed by atoms with Gasteiger partial charge in [0, 0.05) is 35.7 Å². The van der Waals surface area contributed by atoms with Crippen molar-refractivity contribution in [3.8, 4) is 6.07 Å². The first-order chi connectivity index (χ1) is 10.5. The van der Waals surface area contributed by atoms with Gasteiger partial charge in [-0.05, 0) is 25.0 Å². The molecule has 1 aromatic carbocycles. The molecule has 2 rings (SSSR count). The molecule has 0 radical (unpaired) electrons. The van der Waals surface area contributed by atoms with Crippen molar-refractivity contribution in [1.29, 1.82) is 5.26 Å². The van der Waals surface area contributed by atoms with Gasteiger partial charge < -0.3 is 4.90 Å². The standard InChI is InChI=1S/C15H19N3O3S/c1-3-15(4-2)11-17(7-8-22(15)21)14-9-12(10-16)5-6-13(14)18(19)20/h5-6,9H,3-4,7-8,11H2,1-2H3. The van der Waals surface area contributed by atoms with Gasteiger partial charge in [-0.3, -0.25) is 14.3 Å². The molecule has 1 saturated heterocycles. The number of hydrogen-bond acceptors (Lipinski definition) is 5. The Bertz CT molecular complexity index is 650. The first kappa shape index (κ1) is 16.4. The molecule has 6 nitrogen and oxygen atoms in total. The largest absolute Gasteiger partial charge is 0.364 e. The van der Waals surface area contributed by atoms with Crippen molar-refractivity contribution in [3.63, 3.8) is 0 Å². The summed E-state index contributed by atoms with van der Waals surface area (Å²) >= 11 is 0. The third kappa shape index (κ3) is 2.83. The Morgan fingerprint density at radius 2 is 2.14 bits per heavy atom. The second-order valence-corrected chi connectivity index (χ2v) is 7.40. The molecule has 1 aliphatic heterocycles. The molecule has 0 saturated carbocycles. The predicted octanol–water partition coefficient (Wildman–Crippen LogP) is 2.59. The zero-order valence-corrected chi connectivity index (χ0v) is 13.6. The van der Waals surface area contributed by atoms with Crippen LogP contribution in [-0.2, 0) is 10.8 Å². The van der Waals surface area contributed by atoms with Gasteiger partial charge in [0.15, 0.2) is 0 Å². The first-order valence-electron chi connectivity index (χ1n) is 7.29. The van der Waals surface area contributed by atoms with Crippen LogP contribution in [0.4, 0.5) is 11.4 Å². The SMILES string of the molecule is CCC1(CC)CN(c2cc(C#N)ccc2[N+](=O)[O-])CCS1=O. The van der Waals surface area contributed by atoms with Crippen molar-refractivity contribution in [3.05, 3.63) is 33.9 Å². The van der Waals surface area contributed by atoms with Gasteiger partial charge >= 0.3 is 0 Å². The number of benzene rings is 1. The summed E-state index contributed by atoms with van der Waals surface area (Å²) in [4.78, 5) is 12.7. The van der Waals surface area contributed by atoms with Crippen LogP contribution in [0.2, 0.25) is 0 Å². The summed E-state index contributed by atoms with van der Waals surface area (Å²) in [6.45, 7) is 5.03. The molecule has 0 spiro atoms. The molecule has 1 aromatic rings. The quantitative estimate of drug-likeness (QED) is 0.628. The van der Waals surface area contributed by atoms with Gasteiger partial charge in [-0.1, -0.05) is 13.8 Å². The number of hydrogen-bond donors (Lipinski definition) is 0.